The van der Waals surface area contributed by atoms with E-state index in [0.29, 0.717) is 0 Å². The lowest BCUT2D eigenvalue weighted by Gasteiger charge is -2.35. The minimum absolute atomic E-state index is 0.0209. The first-order valence-electron chi connectivity index (χ1n) is 4.29. The molecule has 0 aromatic rings. The number of nitrogens with one attached hydrogen (secondary N) is 3. The molecule has 0 aromatic heterocycles. The fourth-order valence-corrected chi connectivity index (χ4v) is 1.34. The zero-order chi connectivity index (χ0) is 10.8. The van der Waals surface area contributed by atoms with E-state index in [2.05, 4.69) is 16.0 Å². The van der Waals surface area contributed by atoms with Crippen molar-refractivity contribution >= 4 is 5.97 Å². The van der Waals surface area contributed by atoms with Crippen LogP contribution in [0.15, 0.2) is 11.5 Å². The molecule has 0 saturated carbocycles. The van der Waals surface area contributed by atoms with Gasteiger partial charge in [0, 0.05) is 7.05 Å². The van der Waals surface area contributed by atoms with Crippen LogP contribution in [0.25, 0.3) is 0 Å². The zero-order valence-corrected chi connectivity index (χ0v) is 8.47. The van der Waals surface area contributed by atoms with Crippen LogP contribution in [0.4, 0.5) is 0 Å². The smallest absolute Gasteiger partial charge is 0.360 e. The molecule has 80 valence electrons. The van der Waals surface area contributed by atoms with E-state index >= 15 is 0 Å². The Morgan fingerprint density at radius 2 is 1.93 bits per heavy atom. The number of carbonyl (C=O) groups excluding carboxylic acids is 1. The van der Waals surface area contributed by atoms with Crippen LogP contribution in [-0.2, 0) is 9.53 Å². The fourth-order valence-electron chi connectivity index (χ4n) is 1.34. The van der Waals surface area contributed by atoms with E-state index < -0.39 is 11.8 Å². The minimum atomic E-state index is -1.01. The molecule has 1 heterocycles. The quantitative estimate of drug-likeness (QED) is 0.347. The Hall–Kier alpha value is -1.27. The lowest BCUT2D eigenvalue weighted by atomic mass is 10.1. The predicted octanol–water partition coefficient (Wildman–Crippen LogP) is -0.985. The number of esters is 1. The summed E-state index contributed by atoms with van der Waals surface area (Å²) < 4.78 is 5.10. The van der Waals surface area contributed by atoms with Gasteiger partial charge in [0.05, 0.1) is 6.42 Å². The summed E-state index contributed by atoms with van der Waals surface area (Å²) in [5, 5.41) is 17.8. The van der Waals surface area contributed by atoms with Crippen molar-refractivity contribution in [1.82, 2.24) is 16.0 Å². The molecule has 4 N–H and O–H groups in total. The molecule has 0 bridgehead atoms. The van der Waals surface area contributed by atoms with Crippen LogP contribution in [0.3, 0.4) is 0 Å². The average Bonchev–Trinajstić information content (AvgIpc) is 2.17. The molecular weight excluding hydrogens is 186 g/mol. The van der Waals surface area contributed by atoms with E-state index in [4.69, 9.17) is 4.74 Å². The summed E-state index contributed by atoms with van der Waals surface area (Å²) in [6.07, 6.45) is 0.182. The molecule has 0 amide bonds. The first kappa shape index (κ1) is 10.8. The SMILES string of the molecule is CNC1=C(O)CC(NC)(NC)OC1=O. The van der Waals surface area contributed by atoms with Crippen molar-refractivity contribution in [3.63, 3.8) is 0 Å². The Labute approximate surface area is 82.3 Å². The zero-order valence-electron chi connectivity index (χ0n) is 8.47. The number of carbonyl (C=O) groups is 1. The Bertz CT molecular complexity index is 271. The summed E-state index contributed by atoms with van der Waals surface area (Å²) in [5.74, 6) is -1.62. The van der Waals surface area contributed by atoms with E-state index in [9.17, 15) is 9.90 Å². The largest absolute Gasteiger partial charge is 0.510 e. The molecular formula is C8H15N3O3. The van der Waals surface area contributed by atoms with Crippen molar-refractivity contribution in [2.75, 3.05) is 21.1 Å². The van der Waals surface area contributed by atoms with Crippen LogP contribution < -0.4 is 16.0 Å². The van der Waals surface area contributed by atoms with Gasteiger partial charge in [-0.25, -0.2) is 4.79 Å². The third-order valence-electron chi connectivity index (χ3n) is 2.23. The van der Waals surface area contributed by atoms with Crippen LogP contribution in [0, 0.1) is 0 Å². The number of ether oxygens (including phenoxy) is 1. The van der Waals surface area contributed by atoms with Gasteiger partial charge in [-0.2, -0.15) is 0 Å². The van der Waals surface area contributed by atoms with Gasteiger partial charge in [0.1, 0.15) is 5.76 Å². The molecule has 0 fully saturated rings. The van der Waals surface area contributed by atoms with Crippen molar-refractivity contribution in [3.05, 3.63) is 11.5 Å². The maximum absolute atomic E-state index is 11.4. The molecule has 6 nitrogen and oxygen atoms in total. The molecule has 1 aliphatic rings. The van der Waals surface area contributed by atoms with Crippen LogP contribution >= 0.6 is 0 Å². The summed E-state index contributed by atoms with van der Waals surface area (Å²) >= 11 is 0. The Morgan fingerprint density at radius 1 is 1.36 bits per heavy atom. The maximum atomic E-state index is 11.4. The van der Waals surface area contributed by atoms with Gasteiger partial charge in [-0.1, -0.05) is 0 Å². The summed E-state index contributed by atoms with van der Waals surface area (Å²) in [4.78, 5) is 11.4. The molecule has 1 rings (SSSR count). The summed E-state index contributed by atoms with van der Waals surface area (Å²) in [5.41, 5.74) is 0.103. The molecule has 0 saturated heterocycles. The molecule has 0 spiro atoms. The highest BCUT2D eigenvalue weighted by Gasteiger charge is 2.39. The molecule has 0 aromatic carbocycles. The number of aliphatic hydroxyl groups is 1. The lowest BCUT2D eigenvalue weighted by Crippen LogP contribution is -2.59. The van der Waals surface area contributed by atoms with Crippen LogP contribution in [-0.4, -0.2) is 38.1 Å². The van der Waals surface area contributed by atoms with Gasteiger partial charge in [-0.05, 0) is 14.1 Å². The normalized spacial score (nSPS) is 20.6. The fraction of sp³-hybridized carbons (Fsp3) is 0.625. The van der Waals surface area contributed by atoms with E-state index in [1.54, 1.807) is 21.1 Å². The van der Waals surface area contributed by atoms with Gasteiger partial charge < -0.3 is 15.2 Å². The molecule has 6 heteroatoms. The lowest BCUT2D eigenvalue weighted by molar-refractivity contribution is -0.167. The van der Waals surface area contributed by atoms with Gasteiger partial charge in [-0.3, -0.25) is 10.6 Å². The number of rotatable bonds is 3. The van der Waals surface area contributed by atoms with Crippen molar-refractivity contribution in [1.29, 1.82) is 0 Å². The third kappa shape index (κ3) is 1.66. The number of hydrogen-bond acceptors (Lipinski definition) is 6. The van der Waals surface area contributed by atoms with E-state index in [1.165, 1.54) is 0 Å². The van der Waals surface area contributed by atoms with Gasteiger partial charge in [0.15, 0.2) is 5.70 Å². The number of aliphatic hydroxyl groups excluding tert-OH is 1. The molecule has 0 unspecified atom stereocenters. The number of cyclic esters (lactones) is 1. The molecule has 0 aliphatic carbocycles. The van der Waals surface area contributed by atoms with Crippen LogP contribution in [0.2, 0.25) is 0 Å². The summed E-state index contributed by atoms with van der Waals surface area (Å²) in [6, 6.07) is 0. The molecule has 0 atom stereocenters. The highest BCUT2D eigenvalue weighted by atomic mass is 16.6. The topological polar surface area (TPSA) is 82.6 Å². The minimum Gasteiger partial charge on any atom is -0.510 e. The van der Waals surface area contributed by atoms with Crippen molar-refractivity contribution in [2.45, 2.75) is 12.3 Å². The maximum Gasteiger partial charge on any atom is 0.360 e. The molecule has 0 radical (unpaired) electrons. The van der Waals surface area contributed by atoms with Gasteiger partial charge >= 0.3 is 5.97 Å². The van der Waals surface area contributed by atoms with Crippen molar-refractivity contribution in [2.24, 2.45) is 0 Å². The monoisotopic (exact) mass is 201 g/mol. The predicted molar refractivity (Wildman–Crippen MR) is 50.3 cm³/mol. The van der Waals surface area contributed by atoms with Gasteiger partial charge in [0.25, 0.3) is 0 Å². The Kier molecular flexibility index (Phi) is 2.97. The summed E-state index contributed by atoms with van der Waals surface area (Å²) in [6.45, 7) is 0. The first-order valence-corrected chi connectivity index (χ1v) is 4.29. The number of hydrogen-bond donors (Lipinski definition) is 4. The second-order valence-electron chi connectivity index (χ2n) is 2.97. The van der Waals surface area contributed by atoms with Gasteiger partial charge in [-0.15, -0.1) is 0 Å². The van der Waals surface area contributed by atoms with Crippen LogP contribution in [0.1, 0.15) is 6.42 Å². The van der Waals surface area contributed by atoms with E-state index in [-0.39, 0.29) is 17.9 Å². The first-order chi connectivity index (χ1) is 6.58. The third-order valence-corrected chi connectivity index (χ3v) is 2.23. The van der Waals surface area contributed by atoms with Crippen molar-refractivity contribution < 1.29 is 14.6 Å². The van der Waals surface area contributed by atoms with E-state index in [1.807, 2.05) is 0 Å². The van der Waals surface area contributed by atoms with Gasteiger partial charge in [0.2, 0.25) is 5.85 Å². The van der Waals surface area contributed by atoms with E-state index in [0.717, 1.165) is 0 Å². The second kappa shape index (κ2) is 3.85. The highest BCUT2D eigenvalue weighted by Crippen LogP contribution is 2.22. The standard InChI is InChI=1S/C8H15N3O3/c1-9-6-5(12)4-8(10-2,11-3)14-7(6)13/h9-12H,4H2,1-3H3. The highest BCUT2D eigenvalue weighted by molar-refractivity contribution is 5.89. The number of likely N-dealkylation sites (N-methyl/N-ethyl adjacent to an activating group) is 1. The summed E-state index contributed by atoms with van der Waals surface area (Å²) in [7, 11) is 4.83. The Morgan fingerprint density at radius 3 is 2.29 bits per heavy atom. The molecule has 14 heavy (non-hydrogen) atoms. The van der Waals surface area contributed by atoms with Crippen molar-refractivity contribution in [3.8, 4) is 0 Å². The average molecular weight is 201 g/mol. The van der Waals surface area contributed by atoms with Crippen LogP contribution in [0.5, 0.6) is 0 Å². The second-order valence-corrected chi connectivity index (χ2v) is 2.97. The Balaban J connectivity index is 2.97. The molecule has 1 aliphatic heterocycles.